The van der Waals surface area contributed by atoms with Crippen molar-refractivity contribution in [2.45, 2.75) is 45.6 Å². The lowest BCUT2D eigenvalue weighted by molar-refractivity contribution is -0.133. The monoisotopic (exact) mass is 484 g/mol. The van der Waals surface area contributed by atoms with Crippen LogP contribution < -0.4 is 14.8 Å². The molecule has 0 radical (unpaired) electrons. The maximum atomic E-state index is 13.4. The zero-order chi connectivity index (χ0) is 25.4. The van der Waals surface area contributed by atoms with Crippen LogP contribution in [0.1, 0.15) is 43.4 Å². The number of benzene rings is 3. The fourth-order valence-corrected chi connectivity index (χ4v) is 4.81. The first-order valence-electron chi connectivity index (χ1n) is 12.4. The third-order valence-corrected chi connectivity index (χ3v) is 7.16. The highest BCUT2D eigenvalue weighted by Gasteiger charge is 2.51. The third kappa shape index (κ3) is 4.55. The first kappa shape index (κ1) is 23.9. The van der Waals surface area contributed by atoms with Crippen LogP contribution in [-0.4, -0.2) is 30.6 Å². The number of carbonyl (C=O) groups excluding carboxylic acids is 2. The van der Waals surface area contributed by atoms with Crippen LogP contribution in [0.25, 0.3) is 11.1 Å². The second-order valence-electron chi connectivity index (χ2n) is 10.2. The number of rotatable bonds is 7. The van der Waals surface area contributed by atoms with Crippen molar-refractivity contribution >= 4 is 17.5 Å². The minimum Gasteiger partial charge on any atom is -0.454 e. The zero-order valence-electron chi connectivity index (χ0n) is 21.3. The molecule has 36 heavy (non-hydrogen) atoms. The van der Waals surface area contributed by atoms with E-state index in [0.29, 0.717) is 12.3 Å². The molecule has 2 aliphatic rings. The molecule has 0 unspecified atom stereocenters. The predicted molar refractivity (Wildman–Crippen MR) is 140 cm³/mol. The highest BCUT2D eigenvalue weighted by molar-refractivity contribution is 6.02. The molecule has 6 heteroatoms. The molecule has 3 aromatic rings. The van der Waals surface area contributed by atoms with Crippen molar-refractivity contribution in [3.63, 3.8) is 0 Å². The van der Waals surface area contributed by atoms with E-state index >= 15 is 0 Å². The molecule has 2 amide bonds. The SMILES string of the molecule is Cc1ccc(NC(=O)C2(c3ccc4c(c3)OCO4)CC2)cc1-c1ccc(CN(C)C(=O)C(C)C)cc1. The fraction of sp³-hybridized carbons (Fsp3) is 0.333. The second-order valence-corrected chi connectivity index (χ2v) is 10.2. The summed E-state index contributed by atoms with van der Waals surface area (Å²) in [4.78, 5) is 27.3. The van der Waals surface area contributed by atoms with Gasteiger partial charge in [0.2, 0.25) is 18.6 Å². The van der Waals surface area contributed by atoms with Crippen LogP contribution in [0.4, 0.5) is 5.69 Å². The lowest BCUT2D eigenvalue weighted by atomic mass is 9.94. The molecule has 1 N–H and O–H groups in total. The molecule has 186 valence electrons. The van der Waals surface area contributed by atoms with E-state index in [9.17, 15) is 9.59 Å². The van der Waals surface area contributed by atoms with Crippen LogP contribution in [0, 0.1) is 12.8 Å². The van der Waals surface area contributed by atoms with Gasteiger partial charge in [-0.25, -0.2) is 0 Å². The summed E-state index contributed by atoms with van der Waals surface area (Å²) in [6.07, 6.45) is 1.62. The van der Waals surface area contributed by atoms with Crippen molar-refractivity contribution in [2.75, 3.05) is 19.2 Å². The Hall–Kier alpha value is -3.80. The average Bonchev–Trinajstić information content (AvgIpc) is 3.56. The number of nitrogens with zero attached hydrogens (tertiary/aromatic N) is 1. The molecule has 1 heterocycles. The molecule has 0 saturated heterocycles. The maximum absolute atomic E-state index is 13.4. The summed E-state index contributed by atoms with van der Waals surface area (Å²) in [6, 6.07) is 20.1. The van der Waals surface area contributed by atoms with E-state index in [0.717, 1.165) is 52.1 Å². The highest BCUT2D eigenvalue weighted by atomic mass is 16.7. The second kappa shape index (κ2) is 9.34. The number of amides is 2. The molecule has 0 aromatic heterocycles. The first-order valence-corrected chi connectivity index (χ1v) is 12.4. The normalized spacial score (nSPS) is 15.0. The molecule has 1 saturated carbocycles. The fourth-order valence-electron chi connectivity index (χ4n) is 4.81. The number of hydrogen-bond donors (Lipinski definition) is 1. The van der Waals surface area contributed by atoms with Gasteiger partial charge >= 0.3 is 0 Å². The van der Waals surface area contributed by atoms with E-state index in [4.69, 9.17) is 9.47 Å². The van der Waals surface area contributed by atoms with Gasteiger partial charge in [-0.1, -0.05) is 50.2 Å². The van der Waals surface area contributed by atoms with E-state index in [1.165, 1.54) is 0 Å². The summed E-state index contributed by atoms with van der Waals surface area (Å²) in [5.41, 5.74) is 5.57. The van der Waals surface area contributed by atoms with Crippen LogP contribution in [0.5, 0.6) is 11.5 Å². The van der Waals surface area contributed by atoms with E-state index in [1.807, 2.05) is 57.3 Å². The topological polar surface area (TPSA) is 67.9 Å². The molecule has 0 spiro atoms. The summed E-state index contributed by atoms with van der Waals surface area (Å²) in [5, 5.41) is 3.15. The van der Waals surface area contributed by atoms with Gasteiger partial charge in [-0.05, 0) is 71.8 Å². The highest BCUT2D eigenvalue weighted by Crippen LogP contribution is 2.51. The Labute approximate surface area is 212 Å². The number of fused-ring (bicyclic) bond motifs is 1. The van der Waals surface area contributed by atoms with E-state index in [1.54, 1.807) is 4.90 Å². The molecule has 1 aliphatic carbocycles. The molecule has 1 aliphatic heterocycles. The summed E-state index contributed by atoms with van der Waals surface area (Å²) in [5.74, 6) is 1.54. The summed E-state index contributed by atoms with van der Waals surface area (Å²) >= 11 is 0. The molecular weight excluding hydrogens is 452 g/mol. The predicted octanol–water partition coefficient (Wildman–Crippen LogP) is 5.68. The third-order valence-electron chi connectivity index (χ3n) is 7.16. The summed E-state index contributed by atoms with van der Waals surface area (Å²) in [6.45, 7) is 6.69. The zero-order valence-corrected chi connectivity index (χ0v) is 21.3. The number of hydrogen-bond acceptors (Lipinski definition) is 4. The first-order chi connectivity index (χ1) is 17.3. The Morgan fingerprint density at radius 1 is 0.972 bits per heavy atom. The minimum absolute atomic E-state index is 0.00405. The van der Waals surface area contributed by atoms with E-state index in [-0.39, 0.29) is 24.5 Å². The van der Waals surface area contributed by atoms with E-state index in [2.05, 4.69) is 36.5 Å². The Bertz CT molecular complexity index is 1310. The van der Waals surface area contributed by atoms with Crippen molar-refractivity contribution in [1.29, 1.82) is 0 Å². The quantitative estimate of drug-likeness (QED) is 0.469. The molecular formula is C30H32N2O4. The minimum atomic E-state index is -0.521. The van der Waals surface area contributed by atoms with Gasteiger partial charge in [0.1, 0.15) is 0 Å². The van der Waals surface area contributed by atoms with Crippen LogP contribution in [0.3, 0.4) is 0 Å². The van der Waals surface area contributed by atoms with Crippen LogP contribution in [0.15, 0.2) is 60.7 Å². The van der Waals surface area contributed by atoms with Crippen LogP contribution in [0.2, 0.25) is 0 Å². The van der Waals surface area contributed by atoms with Crippen molar-refractivity contribution in [3.05, 3.63) is 77.4 Å². The van der Waals surface area contributed by atoms with Crippen molar-refractivity contribution in [3.8, 4) is 22.6 Å². The summed E-state index contributed by atoms with van der Waals surface area (Å²) in [7, 11) is 1.84. The molecule has 0 bridgehead atoms. The van der Waals surface area contributed by atoms with Gasteiger partial charge in [0.05, 0.1) is 5.41 Å². The van der Waals surface area contributed by atoms with Gasteiger partial charge in [0.15, 0.2) is 11.5 Å². The molecule has 3 aromatic carbocycles. The largest absolute Gasteiger partial charge is 0.454 e. The van der Waals surface area contributed by atoms with Gasteiger partial charge in [0.25, 0.3) is 0 Å². The number of aryl methyl sites for hydroxylation is 1. The van der Waals surface area contributed by atoms with Gasteiger partial charge in [-0.2, -0.15) is 0 Å². The Morgan fingerprint density at radius 2 is 1.69 bits per heavy atom. The number of carbonyl (C=O) groups is 2. The number of anilines is 1. The lowest BCUT2D eigenvalue weighted by Crippen LogP contribution is -2.29. The molecule has 5 rings (SSSR count). The molecule has 1 fully saturated rings. The molecule has 0 atom stereocenters. The van der Waals surface area contributed by atoms with Crippen molar-refractivity contribution in [1.82, 2.24) is 4.90 Å². The average molecular weight is 485 g/mol. The lowest BCUT2D eigenvalue weighted by Gasteiger charge is -2.20. The van der Waals surface area contributed by atoms with Crippen LogP contribution >= 0.6 is 0 Å². The van der Waals surface area contributed by atoms with Gasteiger partial charge in [-0.3, -0.25) is 9.59 Å². The smallest absolute Gasteiger partial charge is 0.235 e. The Kier molecular flexibility index (Phi) is 6.20. The van der Waals surface area contributed by atoms with E-state index < -0.39 is 5.41 Å². The van der Waals surface area contributed by atoms with Gasteiger partial charge < -0.3 is 19.7 Å². The Morgan fingerprint density at radius 3 is 2.39 bits per heavy atom. The molecule has 6 nitrogen and oxygen atoms in total. The standard InChI is InChI=1S/C30H32N2O4/c1-19(2)28(33)32(4)17-21-6-8-22(9-7-21)25-16-24(11-5-20(25)3)31-29(34)30(13-14-30)23-10-12-26-27(15-23)36-18-35-26/h5-12,15-16,19H,13-14,17-18H2,1-4H3,(H,31,34). The van der Waals surface area contributed by atoms with Gasteiger partial charge in [-0.15, -0.1) is 0 Å². The van der Waals surface area contributed by atoms with Crippen molar-refractivity contribution < 1.29 is 19.1 Å². The Balaban J connectivity index is 1.31. The number of nitrogens with one attached hydrogen (secondary N) is 1. The summed E-state index contributed by atoms with van der Waals surface area (Å²) < 4.78 is 10.9. The van der Waals surface area contributed by atoms with Crippen molar-refractivity contribution in [2.24, 2.45) is 5.92 Å². The number of ether oxygens (including phenoxy) is 2. The maximum Gasteiger partial charge on any atom is 0.235 e. The van der Waals surface area contributed by atoms with Crippen LogP contribution in [-0.2, 0) is 21.5 Å². The van der Waals surface area contributed by atoms with Gasteiger partial charge in [0, 0.05) is 25.2 Å².